The van der Waals surface area contributed by atoms with Crippen LogP contribution in [0, 0.1) is 17.7 Å². The van der Waals surface area contributed by atoms with Crippen LogP contribution in [0.1, 0.15) is 23.6 Å². The second-order valence-corrected chi connectivity index (χ2v) is 8.28. The number of carbonyl (C=O) groups excluding carboxylic acids is 1. The Morgan fingerprint density at radius 2 is 2.12 bits per heavy atom. The maximum Gasteiger partial charge on any atom is 0.297 e. The molecule has 0 bridgehead atoms. The van der Waals surface area contributed by atoms with Gasteiger partial charge in [-0.1, -0.05) is 18.4 Å². The molecule has 1 unspecified atom stereocenters. The van der Waals surface area contributed by atoms with Crippen molar-refractivity contribution in [3.8, 4) is 11.8 Å². The number of hydrogen-bond acceptors (Lipinski definition) is 7. The standard InChI is InChI=1S/C24H22FN7O2/c1-4-20(33)31-8-7-16(12-31)32-11-15(21-22(26)27-13-28-23(21)32)6-5-14-9-18-19(10-17(14)25)34-24(29-18)30(2)3/h4,9-11,13,16H,1,7-8,12H2,2-3H3,(H2,26,27,28). The summed E-state index contributed by atoms with van der Waals surface area (Å²) in [4.78, 5) is 28.3. The summed E-state index contributed by atoms with van der Waals surface area (Å²) in [6.45, 7) is 4.71. The molecule has 1 amide bonds. The molecule has 1 aliphatic rings. The van der Waals surface area contributed by atoms with Crippen molar-refractivity contribution in [3.63, 3.8) is 0 Å². The van der Waals surface area contributed by atoms with Gasteiger partial charge in [-0.2, -0.15) is 4.98 Å². The number of hydrogen-bond donors (Lipinski definition) is 1. The highest BCUT2D eigenvalue weighted by Gasteiger charge is 2.28. The first-order valence-electron chi connectivity index (χ1n) is 10.7. The normalized spacial score (nSPS) is 15.5. The molecule has 0 radical (unpaired) electrons. The second-order valence-electron chi connectivity index (χ2n) is 8.28. The summed E-state index contributed by atoms with van der Waals surface area (Å²) in [6.07, 6.45) is 5.31. The highest BCUT2D eigenvalue weighted by Crippen LogP contribution is 2.31. The largest absolute Gasteiger partial charge is 0.423 e. The SMILES string of the molecule is C=CC(=O)N1CCC(n2cc(C#Cc3cc4nc(N(C)C)oc4cc3F)c3c(N)ncnc32)C1. The van der Waals surface area contributed by atoms with Crippen molar-refractivity contribution < 1.29 is 13.6 Å². The molecule has 1 saturated heterocycles. The molecule has 5 rings (SSSR count). The van der Waals surface area contributed by atoms with Gasteiger partial charge in [0.1, 0.15) is 29.1 Å². The maximum absolute atomic E-state index is 14.7. The van der Waals surface area contributed by atoms with Crippen LogP contribution in [0.25, 0.3) is 22.1 Å². The molecule has 172 valence electrons. The van der Waals surface area contributed by atoms with Crippen molar-refractivity contribution in [1.29, 1.82) is 0 Å². The number of halogens is 1. The number of likely N-dealkylation sites (tertiary alicyclic amines) is 1. The first kappa shape index (κ1) is 21.5. The molecular formula is C24H22FN7O2. The van der Waals surface area contributed by atoms with Gasteiger partial charge in [-0.3, -0.25) is 4.79 Å². The summed E-state index contributed by atoms with van der Waals surface area (Å²) < 4.78 is 22.2. The van der Waals surface area contributed by atoms with Gasteiger partial charge in [-0.25, -0.2) is 14.4 Å². The number of rotatable bonds is 3. The molecule has 0 saturated carbocycles. The number of amides is 1. The lowest BCUT2D eigenvalue weighted by molar-refractivity contribution is -0.125. The number of nitrogen functional groups attached to an aromatic ring is 1. The van der Waals surface area contributed by atoms with Crippen LogP contribution in [0.15, 0.2) is 41.7 Å². The minimum atomic E-state index is -0.510. The molecule has 1 aromatic carbocycles. The molecular weight excluding hydrogens is 437 g/mol. The Kier molecular flexibility index (Phi) is 5.17. The third-order valence-electron chi connectivity index (χ3n) is 5.86. The maximum atomic E-state index is 14.7. The van der Waals surface area contributed by atoms with E-state index in [2.05, 4.69) is 33.4 Å². The lowest BCUT2D eigenvalue weighted by Crippen LogP contribution is -2.27. The van der Waals surface area contributed by atoms with Gasteiger partial charge >= 0.3 is 0 Å². The van der Waals surface area contributed by atoms with Gasteiger partial charge in [0.05, 0.1) is 22.6 Å². The number of fused-ring (bicyclic) bond motifs is 2. The van der Waals surface area contributed by atoms with Crippen LogP contribution in [0.3, 0.4) is 0 Å². The van der Waals surface area contributed by atoms with Gasteiger partial charge in [0, 0.05) is 39.4 Å². The second kappa shape index (κ2) is 8.19. The van der Waals surface area contributed by atoms with Crippen LogP contribution in [0.4, 0.5) is 16.2 Å². The van der Waals surface area contributed by atoms with Crippen LogP contribution in [-0.4, -0.2) is 57.5 Å². The Balaban J connectivity index is 1.55. The molecule has 4 aromatic rings. The molecule has 9 nitrogen and oxygen atoms in total. The predicted octanol–water partition coefficient (Wildman–Crippen LogP) is 2.72. The minimum absolute atomic E-state index is 0.00363. The van der Waals surface area contributed by atoms with E-state index in [1.165, 1.54) is 18.5 Å². The van der Waals surface area contributed by atoms with Gasteiger partial charge in [0.2, 0.25) is 5.91 Å². The average Bonchev–Trinajstić information content (AvgIpc) is 3.54. The van der Waals surface area contributed by atoms with Gasteiger partial charge in [-0.15, -0.1) is 0 Å². The van der Waals surface area contributed by atoms with Crippen LogP contribution in [0.2, 0.25) is 0 Å². The van der Waals surface area contributed by atoms with Crippen molar-refractivity contribution in [2.24, 2.45) is 0 Å². The zero-order chi connectivity index (χ0) is 24.0. The van der Waals surface area contributed by atoms with Crippen molar-refractivity contribution >= 4 is 39.9 Å². The van der Waals surface area contributed by atoms with Crippen LogP contribution < -0.4 is 10.6 Å². The van der Waals surface area contributed by atoms with Crippen LogP contribution in [-0.2, 0) is 4.79 Å². The Morgan fingerprint density at radius 3 is 2.88 bits per heavy atom. The highest BCUT2D eigenvalue weighted by molar-refractivity contribution is 5.92. The molecule has 34 heavy (non-hydrogen) atoms. The van der Waals surface area contributed by atoms with Crippen molar-refractivity contribution in [1.82, 2.24) is 24.4 Å². The van der Waals surface area contributed by atoms with Gasteiger partial charge in [0.25, 0.3) is 6.01 Å². The zero-order valence-electron chi connectivity index (χ0n) is 18.7. The summed E-state index contributed by atoms with van der Waals surface area (Å²) in [5, 5.41) is 0.598. The molecule has 0 spiro atoms. The van der Waals surface area contributed by atoms with Crippen molar-refractivity contribution in [2.75, 3.05) is 37.8 Å². The topological polar surface area (TPSA) is 106 Å². The van der Waals surface area contributed by atoms with Crippen molar-refractivity contribution in [3.05, 3.63) is 54.3 Å². The van der Waals surface area contributed by atoms with Gasteiger partial charge in [-0.05, 0) is 18.6 Å². The first-order valence-corrected chi connectivity index (χ1v) is 10.7. The van der Waals surface area contributed by atoms with Crippen LogP contribution in [0.5, 0.6) is 0 Å². The average molecular weight is 459 g/mol. The minimum Gasteiger partial charge on any atom is -0.423 e. The van der Waals surface area contributed by atoms with E-state index in [0.717, 1.165) is 6.42 Å². The monoisotopic (exact) mass is 459 g/mol. The summed E-state index contributed by atoms with van der Waals surface area (Å²) in [5.74, 6) is 5.60. The number of oxazole rings is 1. The fourth-order valence-electron chi connectivity index (χ4n) is 4.14. The van der Waals surface area contributed by atoms with Gasteiger partial charge < -0.3 is 24.5 Å². The fraction of sp³-hybridized carbons (Fsp3) is 0.250. The molecule has 1 aliphatic heterocycles. The van der Waals surface area contributed by atoms with E-state index in [9.17, 15) is 9.18 Å². The summed E-state index contributed by atoms with van der Waals surface area (Å²) in [6, 6.07) is 3.23. The molecule has 1 fully saturated rings. The number of nitrogens with two attached hydrogens (primary N) is 1. The Hall–Kier alpha value is -4.39. The lowest BCUT2D eigenvalue weighted by atomic mass is 10.1. The molecule has 2 N–H and O–H groups in total. The summed E-state index contributed by atoms with van der Waals surface area (Å²) >= 11 is 0. The molecule has 10 heteroatoms. The van der Waals surface area contributed by atoms with E-state index in [1.807, 2.05) is 10.8 Å². The van der Waals surface area contributed by atoms with Gasteiger partial charge in [0.15, 0.2) is 5.58 Å². The van der Waals surface area contributed by atoms with E-state index in [-0.39, 0.29) is 23.3 Å². The highest BCUT2D eigenvalue weighted by atomic mass is 19.1. The zero-order valence-corrected chi connectivity index (χ0v) is 18.7. The molecule has 1 atom stereocenters. The first-order chi connectivity index (χ1) is 16.4. The van der Waals surface area contributed by atoms with Crippen molar-refractivity contribution in [2.45, 2.75) is 12.5 Å². The smallest absolute Gasteiger partial charge is 0.297 e. The summed E-state index contributed by atoms with van der Waals surface area (Å²) in [5.41, 5.74) is 8.41. The van der Waals surface area contributed by atoms with E-state index in [0.29, 0.717) is 46.8 Å². The fourth-order valence-corrected chi connectivity index (χ4v) is 4.14. The number of carbonyl (C=O) groups is 1. The molecule has 4 heterocycles. The van der Waals surface area contributed by atoms with Crippen LogP contribution >= 0.6 is 0 Å². The third-order valence-corrected chi connectivity index (χ3v) is 5.86. The van der Waals surface area contributed by atoms with E-state index in [4.69, 9.17) is 10.2 Å². The lowest BCUT2D eigenvalue weighted by Gasteiger charge is -2.15. The number of anilines is 2. The Labute approximate surface area is 194 Å². The Morgan fingerprint density at radius 1 is 1.32 bits per heavy atom. The quantitative estimate of drug-likeness (QED) is 0.371. The number of aromatic nitrogens is 4. The van der Waals surface area contributed by atoms with E-state index < -0.39 is 5.82 Å². The molecule has 0 aliphatic carbocycles. The van der Waals surface area contributed by atoms with E-state index in [1.54, 1.807) is 30.0 Å². The Bertz CT molecular complexity index is 1510. The molecule has 3 aromatic heterocycles. The third kappa shape index (κ3) is 3.61. The summed E-state index contributed by atoms with van der Waals surface area (Å²) in [7, 11) is 3.59. The number of benzene rings is 1. The predicted molar refractivity (Wildman–Crippen MR) is 127 cm³/mol. The number of nitrogens with zero attached hydrogens (tertiary/aromatic N) is 6. The van der Waals surface area contributed by atoms with E-state index >= 15 is 0 Å².